The maximum absolute atomic E-state index is 12.0. The monoisotopic (exact) mass is 363 g/mol. The SMILES string of the molecule is C=C(C)C(=O)OC(CCCCC)Oc1c(C#N)cccc1-c1ccccc1. The molecule has 2 aromatic carbocycles. The summed E-state index contributed by atoms with van der Waals surface area (Å²) in [6.45, 7) is 7.33. The zero-order valence-corrected chi connectivity index (χ0v) is 15.9. The van der Waals surface area contributed by atoms with E-state index in [0.29, 0.717) is 23.3 Å². The van der Waals surface area contributed by atoms with Gasteiger partial charge in [0.25, 0.3) is 0 Å². The first-order valence-corrected chi connectivity index (χ1v) is 9.18. The molecule has 1 unspecified atom stereocenters. The van der Waals surface area contributed by atoms with Crippen LogP contribution >= 0.6 is 0 Å². The number of hydrogen-bond donors (Lipinski definition) is 0. The van der Waals surface area contributed by atoms with Crippen LogP contribution in [0.25, 0.3) is 11.1 Å². The molecule has 0 amide bonds. The Kier molecular flexibility index (Phi) is 7.63. The Morgan fingerprint density at radius 2 is 1.89 bits per heavy atom. The zero-order chi connectivity index (χ0) is 19.6. The lowest BCUT2D eigenvalue weighted by molar-refractivity contribution is -0.159. The molecule has 4 nitrogen and oxygen atoms in total. The van der Waals surface area contributed by atoms with Gasteiger partial charge in [0, 0.05) is 17.6 Å². The van der Waals surface area contributed by atoms with Gasteiger partial charge in [-0.05, 0) is 25.0 Å². The van der Waals surface area contributed by atoms with Crippen LogP contribution in [-0.4, -0.2) is 12.3 Å². The maximum atomic E-state index is 12.0. The van der Waals surface area contributed by atoms with Crippen molar-refractivity contribution in [2.24, 2.45) is 0 Å². The lowest BCUT2D eigenvalue weighted by atomic mass is 10.0. The van der Waals surface area contributed by atoms with E-state index in [1.165, 1.54) is 0 Å². The van der Waals surface area contributed by atoms with E-state index < -0.39 is 12.3 Å². The van der Waals surface area contributed by atoms with Gasteiger partial charge in [0.1, 0.15) is 11.8 Å². The fourth-order valence-corrected chi connectivity index (χ4v) is 2.65. The maximum Gasteiger partial charge on any atom is 0.336 e. The van der Waals surface area contributed by atoms with E-state index >= 15 is 0 Å². The molecule has 0 aliphatic rings. The number of nitriles is 1. The number of nitrogens with zero attached hydrogens (tertiary/aromatic N) is 1. The van der Waals surface area contributed by atoms with Crippen LogP contribution in [0.2, 0.25) is 0 Å². The Bertz CT molecular complexity index is 821. The highest BCUT2D eigenvalue weighted by atomic mass is 16.7. The van der Waals surface area contributed by atoms with Gasteiger partial charge in [-0.25, -0.2) is 4.79 Å². The van der Waals surface area contributed by atoms with Crippen LogP contribution in [-0.2, 0) is 9.53 Å². The van der Waals surface area contributed by atoms with Gasteiger partial charge in [0.2, 0.25) is 6.29 Å². The van der Waals surface area contributed by atoms with Gasteiger partial charge >= 0.3 is 5.97 Å². The number of rotatable bonds is 9. The molecule has 0 spiro atoms. The molecule has 0 saturated carbocycles. The van der Waals surface area contributed by atoms with Crippen LogP contribution in [0.5, 0.6) is 5.75 Å². The second kappa shape index (κ2) is 10.2. The molecule has 0 aliphatic heterocycles. The van der Waals surface area contributed by atoms with E-state index in [9.17, 15) is 10.1 Å². The molecule has 1 atom stereocenters. The molecule has 27 heavy (non-hydrogen) atoms. The molecular weight excluding hydrogens is 338 g/mol. The second-order valence-electron chi connectivity index (χ2n) is 6.39. The van der Waals surface area contributed by atoms with Crippen molar-refractivity contribution in [3.63, 3.8) is 0 Å². The topological polar surface area (TPSA) is 59.3 Å². The zero-order valence-electron chi connectivity index (χ0n) is 15.9. The summed E-state index contributed by atoms with van der Waals surface area (Å²) in [5, 5.41) is 9.54. The lowest BCUT2D eigenvalue weighted by Crippen LogP contribution is -2.25. The average Bonchev–Trinajstić information content (AvgIpc) is 2.68. The van der Waals surface area contributed by atoms with E-state index in [4.69, 9.17) is 9.47 Å². The third-order valence-corrected chi connectivity index (χ3v) is 4.10. The predicted octanol–water partition coefficient (Wildman–Crippen LogP) is 5.63. The minimum absolute atomic E-state index is 0.316. The van der Waals surface area contributed by atoms with Crippen LogP contribution in [0.1, 0.15) is 45.1 Å². The smallest absolute Gasteiger partial charge is 0.336 e. The highest BCUT2D eigenvalue weighted by molar-refractivity contribution is 5.87. The Balaban J connectivity index is 2.36. The van der Waals surface area contributed by atoms with Crippen molar-refractivity contribution in [3.05, 3.63) is 66.2 Å². The van der Waals surface area contributed by atoms with Crippen molar-refractivity contribution in [1.82, 2.24) is 0 Å². The first-order valence-electron chi connectivity index (χ1n) is 9.18. The summed E-state index contributed by atoms with van der Waals surface area (Å²) >= 11 is 0. The fourth-order valence-electron chi connectivity index (χ4n) is 2.65. The number of hydrogen-bond acceptors (Lipinski definition) is 4. The Morgan fingerprint density at radius 1 is 1.15 bits per heavy atom. The minimum atomic E-state index is -0.766. The number of unbranched alkanes of at least 4 members (excludes halogenated alkanes) is 2. The van der Waals surface area contributed by atoms with E-state index in [-0.39, 0.29) is 0 Å². The Hall–Kier alpha value is -3.06. The molecule has 0 bridgehead atoms. The van der Waals surface area contributed by atoms with Crippen molar-refractivity contribution >= 4 is 5.97 Å². The number of carbonyl (C=O) groups is 1. The van der Waals surface area contributed by atoms with Gasteiger partial charge < -0.3 is 9.47 Å². The number of benzene rings is 2. The second-order valence-corrected chi connectivity index (χ2v) is 6.39. The minimum Gasteiger partial charge on any atom is -0.453 e. The van der Waals surface area contributed by atoms with E-state index in [0.717, 1.165) is 30.4 Å². The molecule has 2 aromatic rings. The van der Waals surface area contributed by atoms with Gasteiger partial charge in [-0.1, -0.05) is 68.8 Å². The van der Waals surface area contributed by atoms with E-state index in [1.54, 1.807) is 13.0 Å². The average molecular weight is 363 g/mol. The van der Waals surface area contributed by atoms with Crippen molar-refractivity contribution < 1.29 is 14.3 Å². The highest BCUT2D eigenvalue weighted by Gasteiger charge is 2.20. The first-order chi connectivity index (χ1) is 13.1. The van der Waals surface area contributed by atoms with Gasteiger partial charge in [0.05, 0.1) is 5.56 Å². The van der Waals surface area contributed by atoms with Crippen LogP contribution in [0, 0.1) is 11.3 Å². The van der Waals surface area contributed by atoms with Crippen molar-refractivity contribution in [2.45, 2.75) is 45.8 Å². The number of carbonyl (C=O) groups excluding carboxylic acids is 1. The standard InChI is InChI=1S/C23H25NO3/c1-4-5-7-15-21(27-23(25)17(2)3)26-22-19(16-24)13-10-14-20(22)18-11-8-6-9-12-18/h6,8-14,21H,2,4-5,7,15H2,1,3H3. The van der Waals surface area contributed by atoms with Gasteiger partial charge in [-0.15, -0.1) is 0 Å². The summed E-state index contributed by atoms with van der Waals surface area (Å²) in [5.41, 5.74) is 2.45. The number of ether oxygens (including phenoxy) is 2. The third-order valence-electron chi connectivity index (χ3n) is 4.10. The summed E-state index contributed by atoms with van der Waals surface area (Å²) < 4.78 is 11.6. The van der Waals surface area contributed by atoms with E-state index in [2.05, 4.69) is 19.6 Å². The van der Waals surface area contributed by atoms with Gasteiger partial charge in [0.15, 0.2) is 0 Å². The lowest BCUT2D eigenvalue weighted by Gasteiger charge is -2.22. The van der Waals surface area contributed by atoms with Crippen LogP contribution in [0.3, 0.4) is 0 Å². The molecule has 0 fully saturated rings. The Labute approximate surface area is 161 Å². The summed E-state index contributed by atoms with van der Waals surface area (Å²) in [5.74, 6) is -0.0607. The molecule has 4 heteroatoms. The van der Waals surface area contributed by atoms with Crippen LogP contribution in [0.4, 0.5) is 0 Å². The first kappa shape index (κ1) is 20.3. The summed E-state index contributed by atoms with van der Waals surface area (Å²) in [7, 11) is 0. The van der Waals surface area contributed by atoms with Gasteiger partial charge in [-0.3, -0.25) is 0 Å². The van der Waals surface area contributed by atoms with E-state index in [1.807, 2.05) is 42.5 Å². The summed E-state index contributed by atoms with van der Waals surface area (Å²) in [6, 6.07) is 17.3. The normalized spacial score (nSPS) is 11.3. The molecule has 0 radical (unpaired) electrons. The van der Waals surface area contributed by atoms with Gasteiger partial charge in [-0.2, -0.15) is 5.26 Å². The molecule has 0 N–H and O–H groups in total. The van der Waals surface area contributed by atoms with Crippen LogP contribution < -0.4 is 4.74 Å². The molecule has 0 heterocycles. The fraction of sp³-hybridized carbons (Fsp3) is 0.304. The molecular formula is C23H25NO3. The molecule has 140 valence electrons. The molecule has 0 aromatic heterocycles. The number of para-hydroxylation sites is 1. The molecule has 0 aliphatic carbocycles. The number of esters is 1. The largest absolute Gasteiger partial charge is 0.453 e. The quantitative estimate of drug-likeness (QED) is 0.251. The summed E-state index contributed by atoms with van der Waals surface area (Å²) in [4.78, 5) is 12.0. The molecule has 2 rings (SSSR count). The van der Waals surface area contributed by atoms with Crippen molar-refractivity contribution in [3.8, 4) is 22.9 Å². The van der Waals surface area contributed by atoms with Crippen LogP contribution in [0.15, 0.2) is 60.7 Å². The summed E-state index contributed by atoms with van der Waals surface area (Å²) in [6.07, 6.45) is 2.71. The molecule has 0 saturated heterocycles. The highest BCUT2D eigenvalue weighted by Crippen LogP contribution is 2.34. The van der Waals surface area contributed by atoms with Crippen molar-refractivity contribution in [2.75, 3.05) is 0 Å². The third kappa shape index (κ3) is 5.72. The van der Waals surface area contributed by atoms with Crippen molar-refractivity contribution in [1.29, 1.82) is 5.26 Å². The predicted molar refractivity (Wildman–Crippen MR) is 106 cm³/mol. The Morgan fingerprint density at radius 3 is 2.52 bits per heavy atom.